The van der Waals surface area contributed by atoms with E-state index in [0.29, 0.717) is 0 Å². The molecule has 0 aliphatic carbocycles. The van der Waals surface area contributed by atoms with Gasteiger partial charge in [0.05, 0.1) is 13.2 Å². The minimum atomic E-state index is -0.932. The van der Waals surface area contributed by atoms with Crippen molar-refractivity contribution >= 4 is 17.8 Å². The molecule has 1 rings (SSSR count). The number of carbonyl (C=O) groups excluding carboxylic acids is 3. The van der Waals surface area contributed by atoms with Crippen LogP contribution in [-0.4, -0.2) is 37.0 Å². The summed E-state index contributed by atoms with van der Waals surface area (Å²) in [6, 6.07) is -0.155. The fraction of sp³-hybridized carbons (Fsp3) is 0.500. The summed E-state index contributed by atoms with van der Waals surface area (Å²) in [4.78, 5) is 33.0. The van der Waals surface area contributed by atoms with Crippen LogP contribution in [0.15, 0.2) is 0 Å². The van der Waals surface area contributed by atoms with Gasteiger partial charge in [0.25, 0.3) is 0 Å². The molecular weight excluding hydrogens is 202 g/mol. The van der Waals surface area contributed by atoms with E-state index >= 15 is 0 Å². The van der Waals surface area contributed by atoms with Crippen molar-refractivity contribution in [1.82, 2.24) is 10.6 Å². The average Bonchev–Trinajstić information content (AvgIpc) is 2.22. The van der Waals surface area contributed by atoms with Crippen LogP contribution in [0.4, 0.5) is 0 Å². The predicted molar refractivity (Wildman–Crippen MR) is 46.1 cm³/mol. The summed E-state index contributed by atoms with van der Waals surface area (Å²) < 4.78 is 4.40. The second kappa shape index (κ2) is 4.41. The zero-order valence-electron chi connectivity index (χ0n) is 7.94. The van der Waals surface area contributed by atoms with Crippen molar-refractivity contribution < 1.29 is 19.1 Å². The van der Waals surface area contributed by atoms with Crippen LogP contribution >= 0.6 is 0 Å². The van der Waals surface area contributed by atoms with Crippen molar-refractivity contribution in [3.05, 3.63) is 0 Å². The molecule has 1 saturated heterocycles. The molecule has 2 amide bonds. The number of amides is 2. The van der Waals surface area contributed by atoms with Gasteiger partial charge in [-0.2, -0.15) is 5.26 Å². The third-order valence-electron chi connectivity index (χ3n) is 1.92. The molecule has 0 unspecified atom stereocenters. The highest BCUT2D eigenvalue weighted by Gasteiger charge is 2.45. The molecule has 1 aliphatic heterocycles. The first-order chi connectivity index (χ1) is 7.10. The van der Waals surface area contributed by atoms with Crippen molar-refractivity contribution in [1.29, 1.82) is 5.26 Å². The summed E-state index contributed by atoms with van der Waals surface area (Å²) in [7, 11) is 1.18. The van der Waals surface area contributed by atoms with E-state index in [1.807, 2.05) is 0 Å². The van der Waals surface area contributed by atoms with E-state index in [1.54, 1.807) is 6.07 Å². The molecular formula is C8H9N3O4. The lowest BCUT2D eigenvalue weighted by atomic mass is 9.99. The summed E-state index contributed by atoms with van der Waals surface area (Å²) in [5.74, 6) is -1.68. The molecule has 2 N–H and O–H groups in total. The summed E-state index contributed by atoms with van der Waals surface area (Å²) in [5.41, 5.74) is 0. The van der Waals surface area contributed by atoms with E-state index in [9.17, 15) is 14.4 Å². The Morgan fingerprint density at radius 2 is 2.33 bits per heavy atom. The zero-order valence-corrected chi connectivity index (χ0v) is 7.94. The molecule has 7 heteroatoms. The van der Waals surface area contributed by atoms with Gasteiger partial charge in [-0.15, -0.1) is 0 Å². The van der Waals surface area contributed by atoms with Gasteiger partial charge in [0.15, 0.2) is 6.04 Å². The SMILES string of the molecule is COC(=O)[C@@H]1NC(=O)[C@@H]1NC(=O)CC#N. The van der Waals surface area contributed by atoms with Crippen LogP contribution in [0.25, 0.3) is 0 Å². The van der Waals surface area contributed by atoms with Crippen molar-refractivity contribution in [2.24, 2.45) is 0 Å². The van der Waals surface area contributed by atoms with E-state index in [1.165, 1.54) is 7.11 Å². The number of carbonyl (C=O) groups is 3. The van der Waals surface area contributed by atoms with Crippen LogP contribution in [0, 0.1) is 11.3 Å². The van der Waals surface area contributed by atoms with Gasteiger partial charge in [0, 0.05) is 0 Å². The summed E-state index contributed by atoms with van der Waals surface area (Å²) >= 11 is 0. The number of esters is 1. The molecule has 2 atom stereocenters. The third-order valence-corrected chi connectivity index (χ3v) is 1.92. The van der Waals surface area contributed by atoms with Gasteiger partial charge in [-0.1, -0.05) is 0 Å². The smallest absolute Gasteiger partial charge is 0.331 e. The fourth-order valence-electron chi connectivity index (χ4n) is 1.15. The first-order valence-electron chi connectivity index (χ1n) is 4.14. The van der Waals surface area contributed by atoms with Gasteiger partial charge in [-0.3, -0.25) is 9.59 Å². The lowest BCUT2D eigenvalue weighted by molar-refractivity contribution is -0.153. The van der Waals surface area contributed by atoms with Crippen LogP contribution in [0.3, 0.4) is 0 Å². The first-order valence-corrected chi connectivity index (χ1v) is 4.14. The molecule has 80 valence electrons. The molecule has 0 bridgehead atoms. The molecule has 0 saturated carbocycles. The molecule has 0 aromatic rings. The molecule has 1 heterocycles. The Morgan fingerprint density at radius 3 is 2.80 bits per heavy atom. The zero-order chi connectivity index (χ0) is 11.4. The van der Waals surface area contributed by atoms with Crippen molar-refractivity contribution in [2.75, 3.05) is 7.11 Å². The van der Waals surface area contributed by atoms with Crippen molar-refractivity contribution in [2.45, 2.75) is 18.5 Å². The first kappa shape index (κ1) is 11.0. The van der Waals surface area contributed by atoms with Gasteiger partial charge in [-0.05, 0) is 0 Å². The summed E-state index contributed by atoms with van der Waals surface area (Å²) in [5, 5.41) is 12.8. The summed E-state index contributed by atoms with van der Waals surface area (Å²) in [6.45, 7) is 0. The van der Waals surface area contributed by atoms with Crippen LogP contribution in [0.5, 0.6) is 0 Å². The fourth-order valence-corrected chi connectivity index (χ4v) is 1.15. The number of ether oxygens (including phenoxy) is 1. The largest absolute Gasteiger partial charge is 0.467 e. The maximum Gasteiger partial charge on any atom is 0.331 e. The minimum Gasteiger partial charge on any atom is -0.467 e. The summed E-state index contributed by atoms with van der Waals surface area (Å²) in [6.07, 6.45) is -0.350. The highest BCUT2D eigenvalue weighted by molar-refractivity contribution is 6.02. The van der Waals surface area contributed by atoms with Gasteiger partial charge in [0.1, 0.15) is 12.5 Å². The second-order valence-corrected chi connectivity index (χ2v) is 2.89. The maximum absolute atomic E-state index is 11.0. The molecule has 15 heavy (non-hydrogen) atoms. The Bertz CT molecular complexity index is 346. The molecule has 7 nitrogen and oxygen atoms in total. The second-order valence-electron chi connectivity index (χ2n) is 2.89. The van der Waals surface area contributed by atoms with Crippen molar-refractivity contribution in [3.63, 3.8) is 0 Å². The average molecular weight is 211 g/mol. The Balaban J connectivity index is 2.53. The van der Waals surface area contributed by atoms with Crippen LogP contribution in [-0.2, 0) is 19.1 Å². The number of β-lactam (4-membered cyclic amide) rings is 1. The van der Waals surface area contributed by atoms with E-state index in [4.69, 9.17) is 5.26 Å². The van der Waals surface area contributed by atoms with E-state index in [2.05, 4.69) is 15.4 Å². The highest BCUT2D eigenvalue weighted by Crippen LogP contribution is 2.07. The predicted octanol–water partition coefficient (Wildman–Crippen LogP) is -1.94. The molecule has 0 spiro atoms. The normalized spacial score (nSPS) is 23.1. The number of hydrogen-bond donors (Lipinski definition) is 2. The lowest BCUT2D eigenvalue weighted by Crippen LogP contribution is -2.72. The number of hydrogen-bond acceptors (Lipinski definition) is 5. The standard InChI is InChI=1S/C8H9N3O4/c1-15-8(14)6-5(7(13)11-6)10-4(12)2-3-9/h5-6H,2H2,1H3,(H,10,12)(H,11,13)/t5-,6-/m1/s1. The van der Waals surface area contributed by atoms with Crippen LogP contribution < -0.4 is 10.6 Å². The molecule has 1 aliphatic rings. The number of nitrogens with zero attached hydrogens (tertiary/aromatic N) is 1. The third kappa shape index (κ3) is 2.22. The van der Waals surface area contributed by atoms with E-state index in [0.717, 1.165) is 0 Å². The van der Waals surface area contributed by atoms with Crippen molar-refractivity contribution in [3.8, 4) is 6.07 Å². The van der Waals surface area contributed by atoms with Crippen LogP contribution in [0.1, 0.15) is 6.42 Å². The van der Waals surface area contributed by atoms with E-state index in [-0.39, 0.29) is 6.42 Å². The number of nitriles is 1. The maximum atomic E-state index is 11.0. The Labute approximate surface area is 85.4 Å². The molecule has 0 radical (unpaired) electrons. The number of rotatable bonds is 3. The number of methoxy groups -OCH3 is 1. The van der Waals surface area contributed by atoms with Gasteiger partial charge >= 0.3 is 5.97 Å². The number of nitrogens with one attached hydrogen (secondary N) is 2. The monoisotopic (exact) mass is 211 g/mol. The van der Waals surface area contributed by atoms with Gasteiger partial charge in [-0.25, -0.2) is 4.79 Å². The molecule has 0 aromatic heterocycles. The topological polar surface area (TPSA) is 108 Å². The van der Waals surface area contributed by atoms with E-state index < -0.39 is 29.9 Å². The Hall–Kier alpha value is -2.10. The quantitative estimate of drug-likeness (QED) is 0.417. The lowest BCUT2D eigenvalue weighted by Gasteiger charge is -2.34. The van der Waals surface area contributed by atoms with Gasteiger partial charge < -0.3 is 15.4 Å². The van der Waals surface area contributed by atoms with Gasteiger partial charge in [0.2, 0.25) is 11.8 Å². The Kier molecular flexibility index (Phi) is 3.23. The molecule has 0 aromatic carbocycles. The highest BCUT2D eigenvalue weighted by atomic mass is 16.5. The molecule has 1 fully saturated rings. The minimum absolute atomic E-state index is 0.350. The van der Waals surface area contributed by atoms with Crippen LogP contribution in [0.2, 0.25) is 0 Å². The Morgan fingerprint density at radius 1 is 1.67 bits per heavy atom.